The van der Waals surface area contributed by atoms with Crippen molar-refractivity contribution in [3.05, 3.63) is 29.6 Å². The van der Waals surface area contributed by atoms with E-state index in [1.807, 2.05) is 0 Å². The highest BCUT2D eigenvalue weighted by molar-refractivity contribution is 5.39. The minimum absolute atomic E-state index is 0.135. The van der Waals surface area contributed by atoms with E-state index in [0.717, 1.165) is 57.1 Å². The van der Waals surface area contributed by atoms with Crippen LogP contribution in [0, 0.1) is 5.82 Å². The maximum atomic E-state index is 13.6. The minimum Gasteiger partial charge on any atom is -0.487 e. The molecule has 1 atom stereocenters. The third-order valence-electron chi connectivity index (χ3n) is 4.35. The smallest absolute Gasteiger partial charge is 0.125 e. The van der Waals surface area contributed by atoms with Crippen LogP contribution in [-0.4, -0.2) is 49.9 Å². The lowest BCUT2D eigenvalue weighted by molar-refractivity contribution is 0.0362. The lowest BCUT2D eigenvalue weighted by Gasteiger charge is -2.38. The monoisotopic (exact) mass is 308 g/mol. The molecule has 0 saturated carbocycles. The molecule has 1 saturated heterocycles. The minimum atomic E-state index is -0.235. The van der Waals surface area contributed by atoms with E-state index < -0.39 is 0 Å². The molecule has 1 unspecified atom stereocenters. The van der Waals surface area contributed by atoms with Gasteiger partial charge in [0.2, 0.25) is 0 Å². The van der Waals surface area contributed by atoms with Gasteiger partial charge in [0.25, 0.3) is 0 Å². The zero-order chi connectivity index (χ0) is 15.6. The second-order valence-electron chi connectivity index (χ2n) is 6.71. The molecule has 1 fully saturated rings. The molecule has 1 aromatic rings. The van der Waals surface area contributed by atoms with Crippen LogP contribution < -0.4 is 10.1 Å². The van der Waals surface area contributed by atoms with Gasteiger partial charge in [-0.05, 0) is 32.0 Å². The van der Waals surface area contributed by atoms with Crippen LogP contribution in [0.4, 0.5) is 4.39 Å². The molecule has 3 rings (SSSR count). The maximum Gasteiger partial charge on any atom is 0.125 e. The lowest BCUT2D eigenvalue weighted by Crippen LogP contribution is -2.43. The van der Waals surface area contributed by atoms with Gasteiger partial charge in [-0.25, -0.2) is 4.39 Å². The Kier molecular flexibility index (Phi) is 4.66. The second kappa shape index (κ2) is 6.52. The first kappa shape index (κ1) is 15.7. The van der Waals surface area contributed by atoms with E-state index in [-0.39, 0.29) is 17.5 Å². The summed E-state index contributed by atoms with van der Waals surface area (Å²) in [6.07, 6.45) is 0.840. The molecule has 4 nitrogen and oxygen atoms in total. The number of nitrogens with zero attached hydrogens (tertiary/aromatic N) is 1. The van der Waals surface area contributed by atoms with Gasteiger partial charge in [-0.15, -0.1) is 0 Å². The summed E-state index contributed by atoms with van der Waals surface area (Å²) in [6, 6.07) is 4.93. The molecule has 0 bridgehead atoms. The molecule has 5 heteroatoms. The number of nitrogens with one attached hydrogen (secondary N) is 1. The van der Waals surface area contributed by atoms with Gasteiger partial charge in [0, 0.05) is 44.2 Å². The third kappa shape index (κ3) is 3.77. The SMILES string of the molecule is CC1(C)CC(NCCN2CCOCC2)c2cc(F)ccc2O1. The van der Waals surface area contributed by atoms with Crippen molar-refractivity contribution in [3.63, 3.8) is 0 Å². The summed E-state index contributed by atoms with van der Waals surface area (Å²) < 4.78 is 24.9. The molecular weight excluding hydrogens is 283 g/mol. The van der Waals surface area contributed by atoms with Crippen molar-refractivity contribution in [2.45, 2.75) is 31.9 Å². The van der Waals surface area contributed by atoms with E-state index in [9.17, 15) is 4.39 Å². The van der Waals surface area contributed by atoms with Crippen LogP contribution in [0.3, 0.4) is 0 Å². The fourth-order valence-electron chi connectivity index (χ4n) is 3.23. The highest BCUT2D eigenvalue weighted by atomic mass is 19.1. The third-order valence-corrected chi connectivity index (χ3v) is 4.35. The molecule has 2 heterocycles. The van der Waals surface area contributed by atoms with Crippen LogP contribution >= 0.6 is 0 Å². The summed E-state index contributed by atoms with van der Waals surface area (Å²) in [5, 5.41) is 3.58. The Morgan fingerprint density at radius 1 is 1.32 bits per heavy atom. The first-order chi connectivity index (χ1) is 10.5. The van der Waals surface area contributed by atoms with E-state index in [1.165, 1.54) is 6.07 Å². The predicted molar refractivity (Wildman–Crippen MR) is 83.7 cm³/mol. The number of ether oxygens (including phenoxy) is 2. The fourth-order valence-corrected chi connectivity index (χ4v) is 3.23. The van der Waals surface area contributed by atoms with E-state index in [2.05, 4.69) is 24.1 Å². The van der Waals surface area contributed by atoms with Gasteiger partial charge < -0.3 is 14.8 Å². The molecule has 22 heavy (non-hydrogen) atoms. The number of fused-ring (bicyclic) bond motifs is 1. The van der Waals surface area contributed by atoms with Crippen LogP contribution in [0.15, 0.2) is 18.2 Å². The predicted octanol–water partition coefficient (Wildman–Crippen LogP) is 2.35. The van der Waals surface area contributed by atoms with Gasteiger partial charge in [0.15, 0.2) is 0 Å². The first-order valence-electron chi connectivity index (χ1n) is 8.05. The second-order valence-corrected chi connectivity index (χ2v) is 6.71. The summed E-state index contributed by atoms with van der Waals surface area (Å²) in [5.41, 5.74) is 0.697. The van der Waals surface area contributed by atoms with Crippen molar-refractivity contribution in [2.75, 3.05) is 39.4 Å². The first-order valence-corrected chi connectivity index (χ1v) is 8.05. The number of hydrogen-bond acceptors (Lipinski definition) is 4. The normalized spacial score (nSPS) is 24.6. The van der Waals surface area contributed by atoms with E-state index >= 15 is 0 Å². The molecule has 0 amide bonds. The fraction of sp³-hybridized carbons (Fsp3) is 0.647. The van der Waals surface area contributed by atoms with Crippen LogP contribution in [0.2, 0.25) is 0 Å². The van der Waals surface area contributed by atoms with E-state index in [4.69, 9.17) is 9.47 Å². The Balaban J connectivity index is 1.63. The molecule has 0 radical (unpaired) electrons. The zero-order valence-corrected chi connectivity index (χ0v) is 13.4. The van der Waals surface area contributed by atoms with Gasteiger partial charge in [-0.3, -0.25) is 4.90 Å². The van der Waals surface area contributed by atoms with Gasteiger partial charge in [-0.2, -0.15) is 0 Å². The van der Waals surface area contributed by atoms with Crippen LogP contribution in [-0.2, 0) is 4.74 Å². The number of morpholine rings is 1. The van der Waals surface area contributed by atoms with Crippen molar-refractivity contribution in [1.29, 1.82) is 0 Å². The maximum absolute atomic E-state index is 13.6. The molecule has 1 aromatic carbocycles. The van der Waals surface area contributed by atoms with Crippen molar-refractivity contribution < 1.29 is 13.9 Å². The lowest BCUT2D eigenvalue weighted by atomic mass is 9.89. The molecular formula is C17H25FN2O2. The summed E-state index contributed by atoms with van der Waals surface area (Å²) in [6.45, 7) is 9.66. The number of benzene rings is 1. The van der Waals surface area contributed by atoms with E-state index in [0.29, 0.717) is 0 Å². The number of rotatable bonds is 4. The van der Waals surface area contributed by atoms with Crippen molar-refractivity contribution in [1.82, 2.24) is 10.2 Å². The topological polar surface area (TPSA) is 33.7 Å². The van der Waals surface area contributed by atoms with Gasteiger partial charge >= 0.3 is 0 Å². The van der Waals surface area contributed by atoms with Gasteiger partial charge in [0.05, 0.1) is 13.2 Å². The molecule has 2 aliphatic heterocycles. The quantitative estimate of drug-likeness (QED) is 0.926. The molecule has 0 aromatic heterocycles. The van der Waals surface area contributed by atoms with Crippen molar-refractivity contribution in [3.8, 4) is 5.75 Å². The molecule has 0 spiro atoms. The Hall–Kier alpha value is -1.17. The summed E-state index contributed by atoms with van der Waals surface area (Å²) in [5.74, 6) is 0.587. The van der Waals surface area contributed by atoms with Crippen molar-refractivity contribution >= 4 is 0 Å². The number of halogens is 1. The average Bonchev–Trinajstić information content (AvgIpc) is 2.48. The average molecular weight is 308 g/mol. The Labute approximate surface area is 131 Å². The zero-order valence-electron chi connectivity index (χ0n) is 13.4. The van der Waals surface area contributed by atoms with Crippen molar-refractivity contribution in [2.24, 2.45) is 0 Å². The largest absolute Gasteiger partial charge is 0.487 e. The number of hydrogen-bond donors (Lipinski definition) is 1. The van der Waals surface area contributed by atoms with Crippen LogP contribution in [0.25, 0.3) is 0 Å². The standard InChI is InChI=1S/C17H25FN2O2/c1-17(2)12-15(14-11-13(18)3-4-16(14)22-17)19-5-6-20-7-9-21-10-8-20/h3-4,11,15,19H,5-10,12H2,1-2H3. The van der Waals surface area contributed by atoms with Crippen LogP contribution in [0.5, 0.6) is 5.75 Å². The summed E-state index contributed by atoms with van der Waals surface area (Å²) >= 11 is 0. The molecule has 2 aliphatic rings. The molecule has 0 aliphatic carbocycles. The Bertz CT molecular complexity index is 515. The highest BCUT2D eigenvalue weighted by Gasteiger charge is 2.33. The highest BCUT2D eigenvalue weighted by Crippen LogP contribution is 2.39. The van der Waals surface area contributed by atoms with Gasteiger partial charge in [-0.1, -0.05) is 0 Å². The van der Waals surface area contributed by atoms with E-state index in [1.54, 1.807) is 12.1 Å². The molecule has 122 valence electrons. The summed E-state index contributed by atoms with van der Waals surface area (Å²) in [7, 11) is 0. The summed E-state index contributed by atoms with van der Waals surface area (Å²) in [4.78, 5) is 2.40. The molecule has 1 N–H and O–H groups in total. The van der Waals surface area contributed by atoms with Crippen LogP contribution in [0.1, 0.15) is 31.9 Å². The Morgan fingerprint density at radius 2 is 2.09 bits per heavy atom. The van der Waals surface area contributed by atoms with Gasteiger partial charge in [0.1, 0.15) is 17.2 Å². The Morgan fingerprint density at radius 3 is 2.86 bits per heavy atom.